The molecule has 0 saturated heterocycles. The van der Waals surface area contributed by atoms with E-state index in [1.807, 2.05) is 71.1 Å². The zero-order chi connectivity index (χ0) is 28.9. The Morgan fingerprint density at radius 2 is 1.70 bits per heavy atom. The third-order valence-corrected chi connectivity index (χ3v) is 6.91. The number of esters is 1. The first-order valence-corrected chi connectivity index (χ1v) is 14.3. The zero-order valence-corrected chi connectivity index (χ0v) is 24.6. The van der Waals surface area contributed by atoms with Gasteiger partial charge in [0.15, 0.2) is 5.78 Å². The van der Waals surface area contributed by atoms with Crippen LogP contribution >= 0.6 is 0 Å². The van der Waals surface area contributed by atoms with Gasteiger partial charge in [0, 0.05) is 32.0 Å². The summed E-state index contributed by atoms with van der Waals surface area (Å²) < 4.78 is 7.90. The molecule has 1 aromatic heterocycles. The number of aromatic nitrogens is 2. The van der Waals surface area contributed by atoms with Crippen LogP contribution in [0.5, 0.6) is 0 Å². The number of aryl methyl sites for hydroxylation is 1. The number of imidazole rings is 1. The minimum atomic E-state index is -0.564. The Balaban J connectivity index is 1.71. The lowest BCUT2D eigenvalue weighted by atomic mass is 9.98. The Morgan fingerprint density at radius 1 is 0.975 bits per heavy atom. The average Bonchev–Trinajstić information content (AvgIpc) is 3.28. The minimum absolute atomic E-state index is 0.150. The number of ketones is 1. The summed E-state index contributed by atoms with van der Waals surface area (Å²) in [6, 6.07) is 19.8. The number of unbranched alkanes of at least 4 members (excludes halogenated alkanes) is 1. The molecule has 0 unspecified atom stereocenters. The Morgan fingerprint density at radius 3 is 2.35 bits per heavy atom. The van der Waals surface area contributed by atoms with Crippen LogP contribution < -0.4 is 5.32 Å². The van der Waals surface area contributed by atoms with Crippen molar-refractivity contribution in [2.45, 2.75) is 78.9 Å². The van der Waals surface area contributed by atoms with Crippen molar-refractivity contribution in [1.29, 1.82) is 0 Å². The first-order valence-electron chi connectivity index (χ1n) is 14.3. The van der Waals surface area contributed by atoms with Gasteiger partial charge in [-0.25, -0.2) is 9.78 Å². The molecule has 0 fully saturated rings. The molecule has 3 aromatic carbocycles. The molecule has 4 rings (SSSR count). The summed E-state index contributed by atoms with van der Waals surface area (Å²) >= 11 is 0. The van der Waals surface area contributed by atoms with E-state index >= 15 is 0 Å². The van der Waals surface area contributed by atoms with Gasteiger partial charge in [-0.3, -0.25) is 4.79 Å². The van der Waals surface area contributed by atoms with Gasteiger partial charge in [0.1, 0.15) is 16.9 Å². The van der Waals surface area contributed by atoms with Crippen LogP contribution in [-0.4, -0.2) is 34.0 Å². The third-order valence-electron chi connectivity index (χ3n) is 6.91. The van der Waals surface area contributed by atoms with Crippen LogP contribution in [0.2, 0.25) is 0 Å². The summed E-state index contributed by atoms with van der Waals surface area (Å²) in [5.74, 6) is 0.843. The number of anilines is 1. The second kappa shape index (κ2) is 12.5. The summed E-state index contributed by atoms with van der Waals surface area (Å²) in [6.45, 7) is 10.5. The maximum atomic E-state index is 12.9. The summed E-state index contributed by atoms with van der Waals surface area (Å²) in [4.78, 5) is 30.8. The quantitative estimate of drug-likeness (QED) is 0.154. The number of Topliss-reactive ketones (excluding diaryl/α,β-unsaturated/α-hetero) is 1. The average molecular weight is 540 g/mol. The van der Waals surface area contributed by atoms with Gasteiger partial charge < -0.3 is 14.6 Å². The highest BCUT2D eigenvalue weighted by Gasteiger charge is 2.21. The number of ether oxygens (including phenoxy) is 1. The minimum Gasteiger partial charge on any atom is -0.456 e. The van der Waals surface area contributed by atoms with Gasteiger partial charge in [-0.05, 0) is 68.5 Å². The second-order valence-corrected chi connectivity index (χ2v) is 11.3. The van der Waals surface area contributed by atoms with E-state index in [9.17, 15) is 9.59 Å². The molecule has 1 N–H and O–H groups in total. The number of nitrogens with zero attached hydrogens (tertiary/aromatic N) is 2. The monoisotopic (exact) mass is 539 g/mol. The van der Waals surface area contributed by atoms with Crippen molar-refractivity contribution in [2.24, 2.45) is 0 Å². The first-order chi connectivity index (χ1) is 19.1. The van der Waals surface area contributed by atoms with Crippen molar-refractivity contribution < 1.29 is 14.3 Å². The summed E-state index contributed by atoms with van der Waals surface area (Å²) in [6.07, 6.45) is 4.33. The van der Waals surface area contributed by atoms with E-state index in [-0.39, 0.29) is 11.8 Å². The zero-order valence-electron chi connectivity index (χ0n) is 24.6. The van der Waals surface area contributed by atoms with E-state index < -0.39 is 5.60 Å². The number of rotatable bonds is 11. The molecule has 0 radical (unpaired) electrons. The molecule has 0 aliphatic heterocycles. The smallest absolute Gasteiger partial charge is 0.339 e. The lowest BCUT2D eigenvalue weighted by Gasteiger charge is -2.20. The second-order valence-electron chi connectivity index (χ2n) is 11.3. The number of carbonyl (C=O) groups is 2. The molecule has 6 heteroatoms. The Labute approximate surface area is 237 Å². The lowest BCUT2D eigenvalue weighted by molar-refractivity contribution is 0.00703. The van der Waals surface area contributed by atoms with Crippen LogP contribution in [0.25, 0.3) is 22.2 Å². The molecule has 210 valence electrons. The van der Waals surface area contributed by atoms with Crippen LogP contribution in [-0.2, 0) is 17.7 Å². The molecule has 0 atom stereocenters. The molecule has 4 aromatic rings. The van der Waals surface area contributed by atoms with Gasteiger partial charge >= 0.3 is 5.97 Å². The Kier molecular flexibility index (Phi) is 9.08. The third kappa shape index (κ3) is 6.61. The van der Waals surface area contributed by atoms with Crippen molar-refractivity contribution in [3.63, 3.8) is 0 Å². The largest absolute Gasteiger partial charge is 0.456 e. The van der Waals surface area contributed by atoms with Gasteiger partial charge in [0.25, 0.3) is 0 Å². The Bertz CT molecular complexity index is 1490. The van der Waals surface area contributed by atoms with Gasteiger partial charge in [-0.2, -0.15) is 0 Å². The van der Waals surface area contributed by atoms with E-state index in [1.54, 1.807) is 0 Å². The van der Waals surface area contributed by atoms with Crippen LogP contribution in [0, 0.1) is 0 Å². The molecular weight excluding hydrogens is 498 g/mol. The highest BCUT2D eigenvalue weighted by molar-refractivity contribution is 6.02. The molecule has 0 saturated carbocycles. The normalized spacial score (nSPS) is 11.6. The van der Waals surface area contributed by atoms with Crippen LogP contribution in [0.15, 0.2) is 60.7 Å². The summed E-state index contributed by atoms with van der Waals surface area (Å²) in [5.41, 5.74) is 6.36. The highest BCUT2D eigenvalue weighted by Crippen LogP contribution is 2.30. The number of hydrogen-bond donors (Lipinski definition) is 1. The first kappa shape index (κ1) is 29.1. The van der Waals surface area contributed by atoms with E-state index in [4.69, 9.17) is 9.72 Å². The van der Waals surface area contributed by atoms with Gasteiger partial charge in [-0.1, -0.05) is 62.7 Å². The van der Waals surface area contributed by atoms with Crippen molar-refractivity contribution >= 4 is 28.5 Å². The molecule has 0 bridgehead atoms. The summed E-state index contributed by atoms with van der Waals surface area (Å²) in [5, 5.41) is 3.26. The predicted octanol–water partition coefficient (Wildman–Crippen LogP) is 8.07. The number of hydrogen-bond acceptors (Lipinski definition) is 5. The molecule has 40 heavy (non-hydrogen) atoms. The van der Waals surface area contributed by atoms with E-state index in [2.05, 4.69) is 41.1 Å². The SMILES string of the molecule is CCCCc1nc2c(NC)cc(C(=O)CCC)cc2n1Cc1ccc(-c2ccccc2C(=O)OC(C)(C)C)cc1. The number of nitrogens with one attached hydrogen (secondary N) is 1. The topological polar surface area (TPSA) is 73.2 Å². The van der Waals surface area contributed by atoms with E-state index in [0.717, 1.165) is 70.5 Å². The highest BCUT2D eigenvalue weighted by atomic mass is 16.6. The molecule has 6 nitrogen and oxygen atoms in total. The maximum absolute atomic E-state index is 12.9. The molecule has 0 aliphatic carbocycles. The maximum Gasteiger partial charge on any atom is 0.339 e. The van der Waals surface area contributed by atoms with E-state index in [1.165, 1.54) is 0 Å². The predicted molar refractivity (Wildman–Crippen MR) is 163 cm³/mol. The fourth-order valence-corrected chi connectivity index (χ4v) is 4.91. The fourth-order valence-electron chi connectivity index (χ4n) is 4.91. The van der Waals surface area contributed by atoms with Crippen molar-refractivity contribution in [3.8, 4) is 11.1 Å². The fraction of sp³-hybridized carbons (Fsp3) is 0.382. The van der Waals surface area contributed by atoms with Gasteiger partial charge in [-0.15, -0.1) is 0 Å². The molecule has 0 aliphatic rings. The van der Waals surface area contributed by atoms with Crippen molar-refractivity contribution in [1.82, 2.24) is 9.55 Å². The van der Waals surface area contributed by atoms with Crippen LogP contribution in [0.1, 0.15) is 92.4 Å². The van der Waals surface area contributed by atoms with Crippen LogP contribution in [0.3, 0.4) is 0 Å². The number of benzene rings is 3. The molecular formula is C34H41N3O3. The van der Waals surface area contributed by atoms with Gasteiger partial charge in [0.2, 0.25) is 0 Å². The standard InChI is InChI=1S/C34H41N3O3/c1-7-9-15-31-36-32-28(35-6)20-25(30(38)12-8-2)21-29(32)37(31)22-23-16-18-24(19-17-23)26-13-10-11-14-27(26)33(39)40-34(3,4)5/h10-11,13-14,16-21,35H,7-9,12,15,22H2,1-6H3. The Hall–Kier alpha value is -3.93. The number of carbonyl (C=O) groups excluding carboxylic acids is 2. The molecule has 0 spiro atoms. The number of fused-ring (bicyclic) bond motifs is 1. The summed E-state index contributed by atoms with van der Waals surface area (Å²) in [7, 11) is 1.88. The lowest BCUT2D eigenvalue weighted by Crippen LogP contribution is -2.24. The van der Waals surface area contributed by atoms with Gasteiger partial charge in [0.05, 0.1) is 16.8 Å². The van der Waals surface area contributed by atoms with Crippen LogP contribution in [0.4, 0.5) is 5.69 Å². The van der Waals surface area contributed by atoms with Crippen molar-refractivity contribution in [2.75, 3.05) is 12.4 Å². The van der Waals surface area contributed by atoms with E-state index in [0.29, 0.717) is 18.5 Å². The van der Waals surface area contributed by atoms with Crippen molar-refractivity contribution in [3.05, 3.63) is 83.2 Å². The molecule has 0 amide bonds. The molecule has 1 heterocycles.